The van der Waals surface area contributed by atoms with Gasteiger partial charge in [0.25, 0.3) is 5.91 Å². The van der Waals surface area contributed by atoms with E-state index in [-0.39, 0.29) is 12.7 Å². The number of carbonyl (C=O) groups is 1. The number of hydrazone groups is 1. The molecule has 0 bridgehead atoms. The molecule has 2 heterocycles. The van der Waals surface area contributed by atoms with Crippen molar-refractivity contribution in [2.45, 2.75) is 6.92 Å². The van der Waals surface area contributed by atoms with Gasteiger partial charge in [-0.05, 0) is 24.4 Å². The van der Waals surface area contributed by atoms with Gasteiger partial charge in [0.2, 0.25) is 6.79 Å². The number of benzene rings is 1. The minimum atomic E-state index is -0.245. The van der Waals surface area contributed by atoms with E-state index in [0.717, 1.165) is 0 Å². The van der Waals surface area contributed by atoms with E-state index in [1.807, 2.05) is 18.4 Å². The van der Waals surface area contributed by atoms with Crippen LogP contribution >= 0.6 is 11.3 Å². The third-order valence-electron chi connectivity index (χ3n) is 2.92. The zero-order valence-corrected chi connectivity index (χ0v) is 12.7. The standard InChI is InChI=1S/C15H14N2O4S/c1-2-19-11-7-13-12(20-9-21-13)6-10(11)8-16-17-15(18)14-4-3-5-22-14/h3-8H,2,9H2,1H3,(H,17,18)/b16-8-. The number of nitrogens with zero attached hydrogens (tertiary/aromatic N) is 1. The summed E-state index contributed by atoms with van der Waals surface area (Å²) in [6.07, 6.45) is 1.53. The molecule has 114 valence electrons. The molecule has 1 N–H and O–H groups in total. The minimum Gasteiger partial charge on any atom is -0.493 e. The second-order valence-electron chi connectivity index (χ2n) is 4.35. The second kappa shape index (κ2) is 6.48. The number of fused-ring (bicyclic) bond motifs is 1. The Balaban J connectivity index is 1.76. The highest BCUT2D eigenvalue weighted by molar-refractivity contribution is 7.12. The largest absolute Gasteiger partial charge is 0.493 e. The lowest BCUT2D eigenvalue weighted by Gasteiger charge is -2.08. The lowest BCUT2D eigenvalue weighted by molar-refractivity contribution is 0.0959. The van der Waals surface area contributed by atoms with Gasteiger partial charge in [-0.3, -0.25) is 4.79 Å². The molecule has 0 saturated carbocycles. The third kappa shape index (κ3) is 3.04. The number of carbonyl (C=O) groups excluding carboxylic acids is 1. The van der Waals surface area contributed by atoms with Gasteiger partial charge in [-0.1, -0.05) is 6.07 Å². The summed E-state index contributed by atoms with van der Waals surface area (Å²) in [5.41, 5.74) is 3.19. The Morgan fingerprint density at radius 3 is 3.00 bits per heavy atom. The predicted octanol–water partition coefficient (Wildman–Crippen LogP) is 2.64. The van der Waals surface area contributed by atoms with Crippen LogP contribution < -0.4 is 19.6 Å². The molecule has 0 aliphatic carbocycles. The van der Waals surface area contributed by atoms with Crippen molar-refractivity contribution >= 4 is 23.5 Å². The van der Waals surface area contributed by atoms with Crippen molar-refractivity contribution in [3.63, 3.8) is 0 Å². The number of amides is 1. The first kappa shape index (κ1) is 14.4. The van der Waals surface area contributed by atoms with Gasteiger partial charge in [0.05, 0.1) is 17.7 Å². The molecule has 0 radical (unpaired) electrons. The maximum absolute atomic E-state index is 11.8. The van der Waals surface area contributed by atoms with Crippen LogP contribution in [0.4, 0.5) is 0 Å². The molecular formula is C15H14N2O4S. The van der Waals surface area contributed by atoms with Crippen molar-refractivity contribution in [1.29, 1.82) is 0 Å². The summed E-state index contributed by atoms with van der Waals surface area (Å²) in [6, 6.07) is 7.08. The summed E-state index contributed by atoms with van der Waals surface area (Å²) in [4.78, 5) is 12.4. The Labute approximate surface area is 131 Å². The van der Waals surface area contributed by atoms with Gasteiger partial charge in [0, 0.05) is 11.6 Å². The molecule has 1 aromatic carbocycles. The second-order valence-corrected chi connectivity index (χ2v) is 5.30. The first-order valence-electron chi connectivity index (χ1n) is 6.71. The van der Waals surface area contributed by atoms with Crippen LogP contribution in [0.2, 0.25) is 0 Å². The van der Waals surface area contributed by atoms with E-state index in [1.54, 1.807) is 18.2 Å². The molecule has 1 aliphatic heterocycles. The van der Waals surface area contributed by atoms with E-state index in [2.05, 4.69) is 10.5 Å². The van der Waals surface area contributed by atoms with Gasteiger partial charge in [0.15, 0.2) is 11.5 Å². The van der Waals surface area contributed by atoms with Gasteiger partial charge >= 0.3 is 0 Å². The van der Waals surface area contributed by atoms with Gasteiger partial charge in [0.1, 0.15) is 5.75 Å². The van der Waals surface area contributed by atoms with Crippen LogP contribution in [-0.4, -0.2) is 25.5 Å². The summed E-state index contributed by atoms with van der Waals surface area (Å²) < 4.78 is 16.2. The summed E-state index contributed by atoms with van der Waals surface area (Å²) in [6.45, 7) is 2.60. The zero-order chi connectivity index (χ0) is 15.4. The Bertz CT molecular complexity index is 698. The molecule has 0 saturated heterocycles. The van der Waals surface area contributed by atoms with Gasteiger partial charge in [-0.2, -0.15) is 5.10 Å². The third-order valence-corrected chi connectivity index (χ3v) is 3.79. The summed E-state index contributed by atoms with van der Waals surface area (Å²) in [7, 11) is 0. The average Bonchev–Trinajstić information content (AvgIpc) is 3.18. The lowest BCUT2D eigenvalue weighted by Crippen LogP contribution is -2.16. The fourth-order valence-corrected chi connectivity index (χ4v) is 2.56. The molecule has 2 aromatic rings. The molecule has 1 amide bonds. The van der Waals surface area contributed by atoms with Gasteiger partial charge in [-0.15, -0.1) is 11.3 Å². The SMILES string of the molecule is CCOc1cc2c(cc1/C=N\NC(=O)c1cccs1)OCO2. The molecule has 0 spiro atoms. The quantitative estimate of drug-likeness (QED) is 0.680. The van der Waals surface area contributed by atoms with E-state index in [0.29, 0.717) is 34.3 Å². The van der Waals surface area contributed by atoms with Crippen LogP contribution in [0.3, 0.4) is 0 Å². The van der Waals surface area contributed by atoms with E-state index < -0.39 is 0 Å². The van der Waals surface area contributed by atoms with E-state index in [1.165, 1.54) is 17.6 Å². The highest BCUT2D eigenvalue weighted by atomic mass is 32.1. The molecule has 7 heteroatoms. The molecule has 0 unspecified atom stereocenters. The fraction of sp³-hybridized carbons (Fsp3) is 0.200. The topological polar surface area (TPSA) is 69.2 Å². The number of nitrogens with one attached hydrogen (secondary N) is 1. The van der Waals surface area contributed by atoms with Crippen LogP contribution in [0.1, 0.15) is 22.2 Å². The average molecular weight is 318 g/mol. The molecular weight excluding hydrogens is 304 g/mol. The van der Waals surface area contributed by atoms with Crippen LogP contribution in [-0.2, 0) is 0 Å². The molecule has 1 aromatic heterocycles. The maximum Gasteiger partial charge on any atom is 0.281 e. The van der Waals surface area contributed by atoms with Crippen LogP contribution in [0.15, 0.2) is 34.7 Å². The van der Waals surface area contributed by atoms with Crippen molar-refractivity contribution in [2.24, 2.45) is 5.10 Å². The molecule has 0 fully saturated rings. The van der Waals surface area contributed by atoms with Gasteiger partial charge in [-0.25, -0.2) is 5.43 Å². The van der Waals surface area contributed by atoms with E-state index in [4.69, 9.17) is 14.2 Å². The Morgan fingerprint density at radius 1 is 1.45 bits per heavy atom. The molecule has 3 rings (SSSR count). The number of thiophene rings is 1. The van der Waals surface area contributed by atoms with Crippen LogP contribution in [0.5, 0.6) is 17.2 Å². The van der Waals surface area contributed by atoms with Crippen molar-refractivity contribution in [3.05, 3.63) is 40.1 Å². The number of hydrogen-bond acceptors (Lipinski definition) is 6. The minimum absolute atomic E-state index is 0.191. The molecule has 1 aliphatic rings. The number of hydrogen-bond donors (Lipinski definition) is 1. The fourth-order valence-electron chi connectivity index (χ4n) is 1.94. The Kier molecular flexibility index (Phi) is 4.24. The van der Waals surface area contributed by atoms with Crippen molar-refractivity contribution in [1.82, 2.24) is 5.43 Å². The number of rotatable bonds is 5. The van der Waals surface area contributed by atoms with E-state index >= 15 is 0 Å². The Morgan fingerprint density at radius 2 is 2.27 bits per heavy atom. The predicted molar refractivity (Wildman–Crippen MR) is 83.1 cm³/mol. The van der Waals surface area contributed by atoms with Crippen molar-refractivity contribution < 1.29 is 19.0 Å². The number of ether oxygens (including phenoxy) is 3. The highest BCUT2D eigenvalue weighted by Gasteiger charge is 2.17. The highest BCUT2D eigenvalue weighted by Crippen LogP contribution is 2.37. The van der Waals surface area contributed by atoms with Crippen molar-refractivity contribution in [2.75, 3.05) is 13.4 Å². The first-order chi connectivity index (χ1) is 10.8. The maximum atomic E-state index is 11.8. The summed E-state index contributed by atoms with van der Waals surface area (Å²) in [5.74, 6) is 1.66. The van der Waals surface area contributed by atoms with Gasteiger partial charge < -0.3 is 14.2 Å². The molecule has 0 atom stereocenters. The lowest BCUT2D eigenvalue weighted by atomic mass is 10.2. The molecule has 22 heavy (non-hydrogen) atoms. The van der Waals surface area contributed by atoms with Crippen LogP contribution in [0, 0.1) is 0 Å². The zero-order valence-electron chi connectivity index (χ0n) is 11.9. The van der Waals surface area contributed by atoms with E-state index in [9.17, 15) is 4.79 Å². The summed E-state index contributed by atoms with van der Waals surface area (Å²) >= 11 is 1.36. The first-order valence-corrected chi connectivity index (χ1v) is 7.59. The molecule has 6 nitrogen and oxygen atoms in total. The van der Waals surface area contributed by atoms with Crippen molar-refractivity contribution in [3.8, 4) is 17.2 Å². The normalized spacial score (nSPS) is 12.6. The monoisotopic (exact) mass is 318 g/mol. The summed E-state index contributed by atoms with van der Waals surface area (Å²) in [5, 5.41) is 5.81. The Hall–Kier alpha value is -2.54. The smallest absolute Gasteiger partial charge is 0.281 e. The van der Waals surface area contributed by atoms with Crippen LogP contribution in [0.25, 0.3) is 0 Å².